The van der Waals surface area contributed by atoms with E-state index in [-0.39, 0.29) is 31.1 Å². The molecule has 296 valence electrons. The molecule has 0 aliphatic heterocycles. The first kappa shape index (κ1) is 48.6. The van der Waals surface area contributed by atoms with Crippen LogP contribution in [0, 0.1) is 0 Å². The number of carbonyl (C=O) groups is 3. The van der Waals surface area contributed by atoms with E-state index in [9.17, 15) is 14.4 Å². The van der Waals surface area contributed by atoms with Crippen molar-refractivity contribution in [3.8, 4) is 0 Å². The van der Waals surface area contributed by atoms with Gasteiger partial charge < -0.3 is 14.2 Å². The Morgan fingerprint density at radius 2 is 0.745 bits per heavy atom. The van der Waals surface area contributed by atoms with Crippen LogP contribution in [0.25, 0.3) is 0 Å². The Balaban J connectivity index is 4.36. The second kappa shape index (κ2) is 40.4. The molecule has 0 heterocycles. The predicted octanol–water partition coefficient (Wildman–Crippen LogP) is 13.4. The van der Waals surface area contributed by atoms with Crippen molar-refractivity contribution in [1.29, 1.82) is 0 Å². The molecule has 6 nitrogen and oxygen atoms in total. The third-order valence-corrected chi connectivity index (χ3v) is 9.10. The second-order valence-electron chi connectivity index (χ2n) is 14.3. The van der Waals surface area contributed by atoms with Gasteiger partial charge in [-0.25, -0.2) is 0 Å². The van der Waals surface area contributed by atoms with Crippen molar-refractivity contribution in [1.82, 2.24) is 0 Å². The summed E-state index contributed by atoms with van der Waals surface area (Å²) in [4.78, 5) is 37.5. The standard InChI is InChI=1S/C45H80O6/c1-4-7-10-13-16-18-20-22-24-26-29-32-35-38-44(47)50-41-42(40-49-43(46)37-34-31-28-15-12-9-6-3)51-45(48)39-36-33-30-27-25-23-21-19-17-14-11-8-5-2/h10,13,18-21,42H,4-9,11-12,14-17,22-41H2,1-3H3/b13-10-,20-18-,21-19-. The summed E-state index contributed by atoms with van der Waals surface area (Å²) in [5.74, 6) is -0.912. The van der Waals surface area contributed by atoms with Crippen molar-refractivity contribution in [3.05, 3.63) is 36.5 Å². The van der Waals surface area contributed by atoms with Gasteiger partial charge in [-0.15, -0.1) is 0 Å². The summed E-state index contributed by atoms with van der Waals surface area (Å²) >= 11 is 0. The molecule has 0 spiro atoms. The summed E-state index contributed by atoms with van der Waals surface area (Å²) in [6.45, 7) is 6.48. The van der Waals surface area contributed by atoms with Crippen molar-refractivity contribution in [3.63, 3.8) is 0 Å². The molecule has 0 saturated carbocycles. The van der Waals surface area contributed by atoms with Crippen LogP contribution in [0.2, 0.25) is 0 Å². The zero-order chi connectivity index (χ0) is 37.3. The third kappa shape index (κ3) is 38.7. The van der Waals surface area contributed by atoms with E-state index in [1.54, 1.807) is 0 Å². The van der Waals surface area contributed by atoms with E-state index in [1.807, 2.05) is 0 Å². The first-order valence-corrected chi connectivity index (χ1v) is 21.5. The zero-order valence-electron chi connectivity index (χ0n) is 33.6. The molecule has 0 aromatic heterocycles. The minimum Gasteiger partial charge on any atom is -0.462 e. The summed E-state index contributed by atoms with van der Waals surface area (Å²) in [7, 11) is 0. The van der Waals surface area contributed by atoms with E-state index in [1.165, 1.54) is 77.0 Å². The average Bonchev–Trinajstić information content (AvgIpc) is 3.12. The van der Waals surface area contributed by atoms with Crippen LogP contribution >= 0.6 is 0 Å². The van der Waals surface area contributed by atoms with Crippen LogP contribution in [0.3, 0.4) is 0 Å². The van der Waals surface area contributed by atoms with Crippen LogP contribution in [-0.4, -0.2) is 37.2 Å². The molecule has 0 aliphatic rings. The van der Waals surface area contributed by atoms with Crippen molar-refractivity contribution < 1.29 is 28.6 Å². The van der Waals surface area contributed by atoms with Crippen molar-refractivity contribution in [2.75, 3.05) is 13.2 Å². The number of hydrogen-bond donors (Lipinski definition) is 0. The van der Waals surface area contributed by atoms with Crippen LogP contribution in [0.1, 0.15) is 213 Å². The van der Waals surface area contributed by atoms with Crippen molar-refractivity contribution in [2.24, 2.45) is 0 Å². The Labute approximate surface area is 315 Å². The SMILES string of the molecule is CCC/C=C\C/C=C\CCCCCCCC(=O)OCC(COC(=O)CCCCCCCCC)OC(=O)CCCCCCC/C=C\CCCCCC. The Morgan fingerprint density at radius 3 is 1.20 bits per heavy atom. The molecule has 0 aliphatic carbocycles. The van der Waals surface area contributed by atoms with Crippen molar-refractivity contribution in [2.45, 2.75) is 219 Å². The maximum absolute atomic E-state index is 12.7. The number of rotatable bonds is 38. The highest BCUT2D eigenvalue weighted by Crippen LogP contribution is 2.13. The van der Waals surface area contributed by atoms with Crippen LogP contribution in [-0.2, 0) is 28.6 Å². The minimum absolute atomic E-state index is 0.0794. The smallest absolute Gasteiger partial charge is 0.306 e. The Bertz CT molecular complexity index is 876. The topological polar surface area (TPSA) is 78.9 Å². The molecule has 0 aromatic carbocycles. The monoisotopic (exact) mass is 717 g/mol. The van der Waals surface area contributed by atoms with E-state index < -0.39 is 6.10 Å². The highest BCUT2D eigenvalue weighted by atomic mass is 16.6. The van der Waals surface area contributed by atoms with Gasteiger partial charge in [0.15, 0.2) is 6.10 Å². The van der Waals surface area contributed by atoms with E-state index >= 15 is 0 Å². The fraction of sp³-hybridized carbons (Fsp3) is 0.800. The number of hydrogen-bond acceptors (Lipinski definition) is 6. The second-order valence-corrected chi connectivity index (χ2v) is 14.3. The Hall–Kier alpha value is -2.37. The lowest BCUT2D eigenvalue weighted by molar-refractivity contribution is -0.167. The number of esters is 3. The first-order chi connectivity index (χ1) is 25.0. The third-order valence-electron chi connectivity index (χ3n) is 9.10. The van der Waals surface area contributed by atoms with Gasteiger partial charge in [-0.3, -0.25) is 14.4 Å². The summed E-state index contributed by atoms with van der Waals surface area (Å²) in [6.07, 6.45) is 44.2. The van der Waals surface area contributed by atoms with Gasteiger partial charge in [0.25, 0.3) is 0 Å². The number of carbonyl (C=O) groups excluding carboxylic acids is 3. The van der Waals surface area contributed by atoms with Gasteiger partial charge in [0.2, 0.25) is 0 Å². The maximum Gasteiger partial charge on any atom is 0.306 e. The molecular formula is C45H80O6. The van der Waals surface area contributed by atoms with Crippen LogP contribution in [0.4, 0.5) is 0 Å². The molecule has 1 atom stereocenters. The Kier molecular flexibility index (Phi) is 38.5. The molecule has 0 aromatic rings. The van der Waals surface area contributed by atoms with E-state index in [0.29, 0.717) is 19.3 Å². The van der Waals surface area contributed by atoms with Crippen LogP contribution < -0.4 is 0 Å². The fourth-order valence-corrected chi connectivity index (χ4v) is 5.83. The van der Waals surface area contributed by atoms with Gasteiger partial charge >= 0.3 is 17.9 Å². The number of unbranched alkanes of at least 4 members (excludes halogenated alkanes) is 21. The quantitative estimate of drug-likeness (QED) is 0.0274. The highest BCUT2D eigenvalue weighted by Gasteiger charge is 2.19. The van der Waals surface area contributed by atoms with E-state index in [4.69, 9.17) is 14.2 Å². The lowest BCUT2D eigenvalue weighted by atomic mass is 10.1. The lowest BCUT2D eigenvalue weighted by Crippen LogP contribution is -2.30. The molecule has 0 saturated heterocycles. The largest absolute Gasteiger partial charge is 0.462 e. The molecular weight excluding hydrogens is 636 g/mol. The summed E-state index contributed by atoms with van der Waals surface area (Å²) in [6, 6.07) is 0. The molecule has 0 rings (SSSR count). The molecule has 0 radical (unpaired) electrons. The average molecular weight is 717 g/mol. The predicted molar refractivity (Wildman–Crippen MR) is 215 cm³/mol. The van der Waals surface area contributed by atoms with E-state index in [2.05, 4.69) is 57.2 Å². The van der Waals surface area contributed by atoms with Gasteiger partial charge in [0.05, 0.1) is 0 Å². The van der Waals surface area contributed by atoms with Crippen LogP contribution in [0.5, 0.6) is 0 Å². The first-order valence-electron chi connectivity index (χ1n) is 21.5. The molecule has 0 bridgehead atoms. The van der Waals surface area contributed by atoms with Gasteiger partial charge in [-0.2, -0.15) is 0 Å². The van der Waals surface area contributed by atoms with Crippen LogP contribution in [0.15, 0.2) is 36.5 Å². The molecule has 0 fully saturated rings. The van der Waals surface area contributed by atoms with Gasteiger partial charge in [0.1, 0.15) is 13.2 Å². The normalized spacial score (nSPS) is 12.3. The maximum atomic E-state index is 12.7. The molecule has 51 heavy (non-hydrogen) atoms. The molecule has 1 unspecified atom stereocenters. The number of ether oxygens (including phenoxy) is 3. The minimum atomic E-state index is -0.775. The van der Waals surface area contributed by atoms with Gasteiger partial charge in [-0.1, -0.05) is 160 Å². The summed E-state index contributed by atoms with van der Waals surface area (Å²) in [5, 5.41) is 0. The lowest BCUT2D eigenvalue weighted by Gasteiger charge is -2.18. The zero-order valence-corrected chi connectivity index (χ0v) is 33.6. The van der Waals surface area contributed by atoms with Gasteiger partial charge in [-0.05, 0) is 70.6 Å². The molecule has 0 amide bonds. The number of allylic oxidation sites excluding steroid dienone is 6. The van der Waals surface area contributed by atoms with Crippen molar-refractivity contribution >= 4 is 17.9 Å². The summed E-state index contributed by atoms with van der Waals surface area (Å²) < 4.78 is 16.6. The highest BCUT2D eigenvalue weighted by molar-refractivity contribution is 5.71. The fourth-order valence-electron chi connectivity index (χ4n) is 5.83. The molecule has 0 N–H and O–H groups in total. The van der Waals surface area contributed by atoms with Gasteiger partial charge in [0, 0.05) is 19.3 Å². The Morgan fingerprint density at radius 1 is 0.392 bits per heavy atom. The van der Waals surface area contributed by atoms with E-state index in [0.717, 1.165) is 96.3 Å². The molecule has 6 heteroatoms. The summed E-state index contributed by atoms with van der Waals surface area (Å²) in [5.41, 5.74) is 0.